The Bertz CT molecular complexity index is 1110. The molecule has 124 valence electrons. The van der Waals surface area contributed by atoms with Crippen molar-refractivity contribution in [3.8, 4) is 0 Å². The van der Waals surface area contributed by atoms with Gasteiger partial charge in [-0.3, -0.25) is 9.78 Å². The molecule has 0 fully saturated rings. The molecule has 0 bridgehead atoms. The molecule has 0 radical (unpaired) electrons. The summed E-state index contributed by atoms with van der Waals surface area (Å²) in [5, 5.41) is 9.62. The van der Waals surface area contributed by atoms with Gasteiger partial charge in [-0.2, -0.15) is 0 Å². The predicted molar refractivity (Wildman–Crippen MR) is 94.1 cm³/mol. The van der Waals surface area contributed by atoms with Crippen LogP contribution in [-0.2, 0) is 17.8 Å². The van der Waals surface area contributed by atoms with E-state index in [1.54, 1.807) is 16.9 Å². The van der Waals surface area contributed by atoms with Crippen molar-refractivity contribution in [2.45, 2.75) is 13.0 Å². The molecule has 2 N–H and O–H groups in total. The van der Waals surface area contributed by atoms with Gasteiger partial charge in [0.15, 0.2) is 5.65 Å². The highest BCUT2D eigenvalue weighted by Crippen LogP contribution is 2.21. The third-order valence-electron chi connectivity index (χ3n) is 3.88. The second-order valence-electron chi connectivity index (χ2n) is 5.70. The first-order valence-electron chi connectivity index (χ1n) is 7.61. The fraction of sp³-hybridized carbons (Fsp3) is 0.118. The predicted octanol–water partition coefficient (Wildman–Crippen LogP) is 2.10. The Hall–Kier alpha value is -3.06. The maximum Gasteiger partial charge on any atom is 0.221 e. The van der Waals surface area contributed by atoms with Gasteiger partial charge in [-0.25, -0.2) is 9.67 Å². The first-order chi connectivity index (χ1) is 12.1. The molecule has 0 saturated heterocycles. The molecule has 0 aliphatic rings. The summed E-state index contributed by atoms with van der Waals surface area (Å²) in [6.45, 7) is 0.477. The molecule has 7 nitrogen and oxygen atoms in total. The topological polar surface area (TPSA) is 99.6 Å². The van der Waals surface area contributed by atoms with Gasteiger partial charge in [-0.05, 0) is 35.4 Å². The van der Waals surface area contributed by atoms with E-state index >= 15 is 0 Å². The maximum absolute atomic E-state index is 11.2. The minimum Gasteiger partial charge on any atom is -0.369 e. The van der Waals surface area contributed by atoms with E-state index in [0.717, 1.165) is 16.5 Å². The Morgan fingerprint density at radius 1 is 1.24 bits per heavy atom. The Morgan fingerprint density at radius 3 is 2.96 bits per heavy atom. The zero-order chi connectivity index (χ0) is 17.4. The minimum atomic E-state index is -0.458. The molecule has 1 amide bonds. The van der Waals surface area contributed by atoms with Crippen LogP contribution < -0.4 is 5.73 Å². The largest absolute Gasteiger partial charge is 0.369 e. The molecule has 3 aromatic heterocycles. The van der Waals surface area contributed by atoms with Gasteiger partial charge < -0.3 is 5.73 Å². The van der Waals surface area contributed by atoms with E-state index in [1.165, 1.54) is 0 Å². The Labute approximate surface area is 147 Å². The third kappa shape index (κ3) is 3.01. The van der Waals surface area contributed by atoms with Crippen LogP contribution in [0, 0.1) is 0 Å². The lowest BCUT2D eigenvalue weighted by atomic mass is 10.1. The number of aromatic nitrogens is 5. The van der Waals surface area contributed by atoms with E-state index in [0.29, 0.717) is 23.3 Å². The number of pyridine rings is 2. The zero-order valence-corrected chi connectivity index (χ0v) is 13.8. The summed E-state index contributed by atoms with van der Waals surface area (Å²) >= 11 is 6.08. The van der Waals surface area contributed by atoms with Crippen molar-refractivity contribution in [3.63, 3.8) is 0 Å². The van der Waals surface area contributed by atoms with Gasteiger partial charge in [-0.15, -0.1) is 5.10 Å². The van der Waals surface area contributed by atoms with Crippen molar-refractivity contribution in [1.29, 1.82) is 0 Å². The third-order valence-corrected chi connectivity index (χ3v) is 4.08. The van der Waals surface area contributed by atoms with Gasteiger partial charge in [0.2, 0.25) is 5.91 Å². The van der Waals surface area contributed by atoms with Gasteiger partial charge in [0.25, 0.3) is 0 Å². The summed E-state index contributed by atoms with van der Waals surface area (Å²) in [6, 6.07) is 11.5. The first kappa shape index (κ1) is 15.5. The van der Waals surface area contributed by atoms with Gasteiger partial charge in [-0.1, -0.05) is 28.9 Å². The molecule has 4 aromatic rings. The first-order valence-corrected chi connectivity index (χ1v) is 7.98. The van der Waals surface area contributed by atoms with Crippen LogP contribution in [0.5, 0.6) is 0 Å². The molecule has 0 saturated carbocycles. The number of hydrogen-bond donors (Lipinski definition) is 1. The van der Waals surface area contributed by atoms with E-state index in [4.69, 9.17) is 17.3 Å². The van der Waals surface area contributed by atoms with E-state index in [1.807, 2.05) is 30.3 Å². The lowest BCUT2D eigenvalue weighted by molar-refractivity contribution is -0.117. The number of amides is 1. The van der Waals surface area contributed by atoms with Crippen LogP contribution in [0.25, 0.3) is 22.1 Å². The molecule has 4 rings (SSSR count). The Kier molecular flexibility index (Phi) is 3.77. The average molecular weight is 353 g/mol. The van der Waals surface area contributed by atoms with Crippen LogP contribution in [0.1, 0.15) is 11.1 Å². The number of halogens is 1. The van der Waals surface area contributed by atoms with Gasteiger partial charge >= 0.3 is 0 Å². The van der Waals surface area contributed by atoms with E-state index in [2.05, 4.69) is 20.3 Å². The number of rotatable bonds is 4. The van der Waals surface area contributed by atoms with Crippen LogP contribution in [0.4, 0.5) is 0 Å². The summed E-state index contributed by atoms with van der Waals surface area (Å²) < 4.78 is 1.66. The van der Waals surface area contributed by atoms with Crippen LogP contribution in [0.3, 0.4) is 0 Å². The lowest BCUT2D eigenvalue weighted by Gasteiger charge is -2.05. The fourth-order valence-electron chi connectivity index (χ4n) is 2.80. The Morgan fingerprint density at radius 2 is 2.12 bits per heavy atom. The smallest absolute Gasteiger partial charge is 0.221 e. The molecular weight excluding hydrogens is 340 g/mol. The summed E-state index contributed by atoms with van der Waals surface area (Å²) in [4.78, 5) is 19.9. The van der Waals surface area contributed by atoms with Crippen LogP contribution >= 0.6 is 11.6 Å². The van der Waals surface area contributed by atoms with Crippen molar-refractivity contribution in [1.82, 2.24) is 25.0 Å². The molecule has 0 unspecified atom stereocenters. The van der Waals surface area contributed by atoms with Crippen molar-refractivity contribution in [3.05, 3.63) is 58.9 Å². The monoisotopic (exact) mass is 352 g/mol. The van der Waals surface area contributed by atoms with Crippen LogP contribution in [0.15, 0.2) is 42.6 Å². The number of hydrogen-bond acceptors (Lipinski definition) is 5. The number of fused-ring (bicyclic) bond motifs is 2. The SMILES string of the molecule is NC(=O)Cc1cc(Cl)nc2c1nnn2Cc1ccc2ncccc2c1. The van der Waals surface area contributed by atoms with Crippen molar-refractivity contribution in [2.24, 2.45) is 5.73 Å². The number of carbonyl (C=O) groups excluding carboxylic acids is 1. The summed E-state index contributed by atoms with van der Waals surface area (Å²) in [7, 11) is 0. The number of nitrogens with zero attached hydrogens (tertiary/aromatic N) is 5. The molecule has 0 aliphatic carbocycles. The van der Waals surface area contributed by atoms with E-state index in [-0.39, 0.29) is 11.6 Å². The van der Waals surface area contributed by atoms with Crippen molar-refractivity contribution >= 4 is 39.6 Å². The zero-order valence-electron chi connectivity index (χ0n) is 13.1. The number of primary amides is 1. The van der Waals surface area contributed by atoms with Gasteiger partial charge in [0, 0.05) is 11.6 Å². The normalized spacial score (nSPS) is 11.2. The molecule has 8 heteroatoms. The van der Waals surface area contributed by atoms with Crippen LogP contribution in [-0.4, -0.2) is 30.9 Å². The lowest BCUT2D eigenvalue weighted by Crippen LogP contribution is -2.14. The molecule has 0 aliphatic heterocycles. The second-order valence-corrected chi connectivity index (χ2v) is 6.08. The number of nitrogens with two attached hydrogens (primary N) is 1. The maximum atomic E-state index is 11.2. The molecule has 0 atom stereocenters. The summed E-state index contributed by atoms with van der Waals surface area (Å²) in [6.07, 6.45) is 1.80. The number of benzene rings is 1. The molecule has 3 heterocycles. The Balaban J connectivity index is 1.75. The molecular formula is C17H13ClN6O. The molecule has 1 aromatic carbocycles. The summed E-state index contributed by atoms with van der Waals surface area (Å²) in [5.41, 5.74) is 8.93. The second kappa shape index (κ2) is 6.10. The van der Waals surface area contributed by atoms with Crippen molar-refractivity contribution in [2.75, 3.05) is 0 Å². The highest BCUT2D eigenvalue weighted by Gasteiger charge is 2.14. The standard InChI is InChI=1S/C17H13ClN6O/c18-14-7-12(8-15(19)25)16-17(21-14)24(23-22-16)9-10-3-4-13-11(6-10)2-1-5-20-13/h1-7H,8-9H2,(H2,19,25). The molecule has 25 heavy (non-hydrogen) atoms. The molecule has 0 spiro atoms. The number of carbonyl (C=O) groups is 1. The quantitative estimate of drug-likeness (QED) is 0.567. The van der Waals surface area contributed by atoms with Crippen LogP contribution in [0.2, 0.25) is 5.15 Å². The van der Waals surface area contributed by atoms with E-state index in [9.17, 15) is 4.79 Å². The highest BCUT2D eigenvalue weighted by atomic mass is 35.5. The minimum absolute atomic E-state index is 0.0408. The fourth-order valence-corrected chi connectivity index (χ4v) is 3.01. The average Bonchev–Trinajstić information content (AvgIpc) is 2.97. The highest BCUT2D eigenvalue weighted by molar-refractivity contribution is 6.29. The van der Waals surface area contributed by atoms with Crippen molar-refractivity contribution < 1.29 is 4.79 Å². The van der Waals surface area contributed by atoms with E-state index < -0.39 is 5.91 Å². The van der Waals surface area contributed by atoms with Gasteiger partial charge in [0.1, 0.15) is 10.7 Å². The summed E-state index contributed by atoms with van der Waals surface area (Å²) in [5.74, 6) is -0.458. The van der Waals surface area contributed by atoms with Gasteiger partial charge in [0.05, 0.1) is 18.5 Å².